The maximum absolute atomic E-state index is 12.7. The first kappa shape index (κ1) is 23.6. The molecule has 180 valence electrons. The quantitative estimate of drug-likeness (QED) is 0.541. The molecule has 10 heteroatoms. The minimum absolute atomic E-state index is 0.0894. The number of rotatable bonds is 8. The van der Waals surface area contributed by atoms with Crippen LogP contribution in [0.25, 0.3) is 11.1 Å². The predicted octanol–water partition coefficient (Wildman–Crippen LogP) is 3.54. The first-order chi connectivity index (χ1) is 16.2. The lowest BCUT2D eigenvalue weighted by Crippen LogP contribution is -2.41. The molecule has 0 aliphatic heterocycles. The molecule has 1 fully saturated rings. The van der Waals surface area contributed by atoms with Crippen molar-refractivity contribution in [1.29, 1.82) is 0 Å². The molecular weight excluding hydrogens is 453 g/mol. The third kappa shape index (κ3) is 5.00. The van der Waals surface area contributed by atoms with Gasteiger partial charge in [0.05, 0.1) is 0 Å². The van der Waals surface area contributed by atoms with Crippen molar-refractivity contribution >= 4 is 18.0 Å². The van der Waals surface area contributed by atoms with E-state index in [0.717, 1.165) is 22.3 Å². The van der Waals surface area contributed by atoms with Crippen molar-refractivity contribution in [2.24, 2.45) is 17.8 Å². The molecule has 34 heavy (non-hydrogen) atoms. The molecule has 0 aromatic heterocycles. The van der Waals surface area contributed by atoms with Crippen molar-refractivity contribution < 1.29 is 37.4 Å². The smallest absolute Gasteiger partial charge is 0.407 e. The summed E-state index contributed by atoms with van der Waals surface area (Å²) in [6.07, 6.45) is -5.21. The van der Waals surface area contributed by atoms with Crippen LogP contribution in [0.15, 0.2) is 48.5 Å². The van der Waals surface area contributed by atoms with Crippen molar-refractivity contribution in [1.82, 2.24) is 10.6 Å². The van der Waals surface area contributed by atoms with E-state index in [1.807, 2.05) is 53.8 Å². The molecule has 0 radical (unpaired) electrons. The molecule has 3 atom stereocenters. The lowest BCUT2D eigenvalue weighted by molar-refractivity contribution is -0.192. The number of hydrogen-bond acceptors (Lipinski definition) is 4. The molecule has 2 amide bonds. The van der Waals surface area contributed by atoms with Crippen LogP contribution in [0.4, 0.5) is 18.0 Å². The number of hydrogen-bond donors (Lipinski definition) is 3. The third-order valence-electron chi connectivity index (χ3n) is 6.29. The van der Waals surface area contributed by atoms with Gasteiger partial charge in [-0.2, -0.15) is 13.2 Å². The predicted molar refractivity (Wildman–Crippen MR) is 115 cm³/mol. The summed E-state index contributed by atoms with van der Waals surface area (Å²) in [7, 11) is 0. The highest BCUT2D eigenvalue weighted by atomic mass is 19.4. The van der Waals surface area contributed by atoms with E-state index in [4.69, 9.17) is 9.84 Å². The zero-order chi connectivity index (χ0) is 24.5. The number of nitrogens with one attached hydrogen (secondary N) is 2. The first-order valence-electron chi connectivity index (χ1n) is 10.8. The number of halogens is 3. The number of carbonyl (C=O) groups excluding carboxylic acids is 2. The summed E-state index contributed by atoms with van der Waals surface area (Å²) >= 11 is 0. The standard InChI is InChI=1S/C24H23F3N2O5/c25-24(26,27)20(22(31)32)11-28-21(30)18-9-13(18)10-29-23(33)34-12-19-16-7-3-1-5-14(16)15-6-2-4-8-17(15)19/h1-8,13,18-20H,9-12H2,(H,28,30)(H,29,33)(H,31,32)/t13-,18-,20?/m1/s1. The molecule has 2 aliphatic rings. The molecule has 0 heterocycles. The van der Waals surface area contributed by atoms with E-state index < -0.39 is 42.5 Å². The van der Waals surface area contributed by atoms with Crippen molar-refractivity contribution in [3.05, 3.63) is 59.7 Å². The zero-order valence-corrected chi connectivity index (χ0v) is 18.0. The second-order valence-corrected chi connectivity index (χ2v) is 8.49. The average Bonchev–Trinajstić information content (AvgIpc) is 3.50. The largest absolute Gasteiger partial charge is 0.481 e. The fourth-order valence-corrected chi connectivity index (χ4v) is 4.33. The lowest BCUT2D eigenvalue weighted by atomic mass is 9.98. The molecule has 2 aromatic rings. The van der Waals surface area contributed by atoms with Crippen molar-refractivity contribution in [3.8, 4) is 11.1 Å². The molecule has 1 unspecified atom stereocenters. The molecule has 0 spiro atoms. The summed E-state index contributed by atoms with van der Waals surface area (Å²) in [5, 5.41) is 13.3. The van der Waals surface area contributed by atoms with Gasteiger partial charge in [0.25, 0.3) is 0 Å². The second kappa shape index (κ2) is 9.36. The van der Waals surface area contributed by atoms with Gasteiger partial charge < -0.3 is 20.5 Å². The van der Waals surface area contributed by atoms with Crippen LogP contribution in [0.2, 0.25) is 0 Å². The van der Waals surface area contributed by atoms with Crippen LogP contribution in [0, 0.1) is 17.8 Å². The molecule has 1 saturated carbocycles. The van der Waals surface area contributed by atoms with Gasteiger partial charge in [0.1, 0.15) is 6.61 Å². The molecule has 3 N–H and O–H groups in total. The highest BCUT2D eigenvalue weighted by molar-refractivity contribution is 5.82. The summed E-state index contributed by atoms with van der Waals surface area (Å²) in [4.78, 5) is 35.0. The number of aliphatic carboxylic acids is 1. The summed E-state index contributed by atoms with van der Waals surface area (Å²) in [5.74, 6) is -6.26. The molecular formula is C24H23F3N2O5. The van der Waals surface area contributed by atoms with E-state index in [1.54, 1.807) is 0 Å². The highest BCUT2D eigenvalue weighted by Crippen LogP contribution is 2.44. The average molecular weight is 476 g/mol. The van der Waals surface area contributed by atoms with Gasteiger partial charge in [-0.1, -0.05) is 48.5 Å². The number of fused-ring (bicyclic) bond motifs is 3. The molecule has 0 saturated heterocycles. The van der Waals surface area contributed by atoms with Crippen molar-refractivity contribution in [3.63, 3.8) is 0 Å². The number of alkyl carbamates (subject to hydrolysis) is 1. The van der Waals surface area contributed by atoms with Crippen molar-refractivity contribution in [2.75, 3.05) is 19.7 Å². The van der Waals surface area contributed by atoms with Crippen LogP contribution in [0.1, 0.15) is 23.5 Å². The van der Waals surface area contributed by atoms with Gasteiger partial charge in [-0.05, 0) is 34.6 Å². The second-order valence-electron chi connectivity index (χ2n) is 8.49. The fraction of sp³-hybridized carbons (Fsp3) is 0.375. The van der Waals surface area contributed by atoms with Crippen LogP contribution in [-0.2, 0) is 14.3 Å². The number of carboxylic acids is 1. The van der Waals surface area contributed by atoms with Gasteiger partial charge in [0.15, 0.2) is 5.92 Å². The van der Waals surface area contributed by atoms with E-state index in [9.17, 15) is 27.6 Å². The number of carboxylic acid groups (broad SMARTS) is 1. The molecule has 4 rings (SSSR count). The number of benzene rings is 2. The summed E-state index contributed by atoms with van der Waals surface area (Å²) < 4.78 is 43.5. The fourth-order valence-electron chi connectivity index (χ4n) is 4.33. The Balaban J connectivity index is 1.22. The maximum atomic E-state index is 12.7. The van der Waals surface area contributed by atoms with Gasteiger partial charge in [0.2, 0.25) is 5.91 Å². The zero-order valence-electron chi connectivity index (χ0n) is 18.0. The van der Waals surface area contributed by atoms with Gasteiger partial charge in [-0.15, -0.1) is 0 Å². The van der Waals surface area contributed by atoms with E-state index >= 15 is 0 Å². The Bertz CT molecular complexity index is 1060. The molecule has 2 aliphatic carbocycles. The van der Waals surface area contributed by atoms with Crippen LogP contribution in [0.3, 0.4) is 0 Å². The Morgan fingerprint density at radius 2 is 1.59 bits per heavy atom. The van der Waals surface area contributed by atoms with Gasteiger partial charge in [-0.3, -0.25) is 9.59 Å². The minimum atomic E-state index is -4.95. The maximum Gasteiger partial charge on any atom is 0.407 e. The SMILES string of the molecule is O=C(NC[C@H]1C[C@H]1C(=O)NCC(C(=O)O)C(F)(F)F)OCC1c2ccccc2-c2ccccc21. The van der Waals surface area contributed by atoms with Crippen molar-refractivity contribution in [2.45, 2.75) is 18.5 Å². The number of ether oxygens (including phenoxy) is 1. The van der Waals surface area contributed by atoms with Crippen LogP contribution in [-0.4, -0.2) is 48.9 Å². The van der Waals surface area contributed by atoms with E-state index in [1.165, 1.54) is 0 Å². The van der Waals surface area contributed by atoms with Gasteiger partial charge in [-0.25, -0.2) is 4.79 Å². The molecule has 7 nitrogen and oxygen atoms in total. The van der Waals surface area contributed by atoms with E-state index in [-0.39, 0.29) is 25.0 Å². The van der Waals surface area contributed by atoms with Crippen LogP contribution >= 0.6 is 0 Å². The highest BCUT2D eigenvalue weighted by Gasteiger charge is 2.47. The molecule has 0 bridgehead atoms. The summed E-state index contributed by atoms with van der Waals surface area (Å²) in [6, 6.07) is 15.8. The van der Waals surface area contributed by atoms with Crippen LogP contribution < -0.4 is 10.6 Å². The summed E-state index contributed by atoms with van der Waals surface area (Å²) in [5.41, 5.74) is 4.37. The normalized spacial score (nSPS) is 19.5. The number of carbonyl (C=O) groups is 3. The first-order valence-corrected chi connectivity index (χ1v) is 10.8. The lowest BCUT2D eigenvalue weighted by Gasteiger charge is -2.16. The third-order valence-corrected chi connectivity index (χ3v) is 6.29. The van der Waals surface area contributed by atoms with E-state index in [2.05, 4.69) is 5.32 Å². The topological polar surface area (TPSA) is 105 Å². The Morgan fingerprint density at radius 3 is 2.15 bits per heavy atom. The number of alkyl halides is 3. The van der Waals surface area contributed by atoms with Gasteiger partial charge >= 0.3 is 18.2 Å². The Labute approximate surface area is 193 Å². The van der Waals surface area contributed by atoms with Crippen LogP contribution in [0.5, 0.6) is 0 Å². The molecule has 2 aromatic carbocycles. The Kier molecular flexibility index (Phi) is 6.49. The Morgan fingerprint density at radius 1 is 1.00 bits per heavy atom. The minimum Gasteiger partial charge on any atom is -0.481 e. The van der Waals surface area contributed by atoms with Gasteiger partial charge in [0, 0.05) is 24.9 Å². The van der Waals surface area contributed by atoms with E-state index in [0.29, 0.717) is 6.42 Å². The Hall–Kier alpha value is -3.56. The summed E-state index contributed by atoms with van der Waals surface area (Å²) in [6.45, 7) is -0.750. The number of amides is 2. The monoisotopic (exact) mass is 476 g/mol.